The summed E-state index contributed by atoms with van der Waals surface area (Å²) in [5.74, 6) is 1.78. The first kappa shape index (κ1) is 11.0. The van der Waals surface area contributed by atoms with Crippen molar-refractivity contribution in [2.75, 3.05) is 20.1 Å². The molecule has 0 aliphatic carbocycles. The normalized spacial score (nSPS) is 36.7. The van der Waals surface area contributed by atoms with Gasteiger partial charge in [-0.25, -0.2) is 0 Å². The Bertz CT molecular complexity index is 163. The first-order valence-corrected chi connectivity index (χ1v) is 5.59. The summed E-state index contributed by atoms with van der Waals surface area (Å²) in [5, 5.41) is 0. The molecule has 13 heavy (non-hydrogen) atoms. The zero-order valence-corrected chi connectivity index (χ0v) is 9.93. The molecule has 0 aromatic carbocycles. The molecule has 0 saturated carbocycles. The van der Waals surface area contributed by atoms with E-state index in [9.17, 15) is 0 Å². The molecule has 1 fully saturated rings. The summed E-state index contributed by atoms with van der Waals surface area (Å²) in [6.45, 7) is 12.1. The highest BCUT2D eigenvalue weighted by Crippen LogP contribution is 2.33. The van der Waals surface area contributed by atoms with E-state index in [1.807, 2.05) is 0 Å². The van der Waals surface area contributed by atoms with Crippen molar-refractivity contribution in [3.63, 3.8) is 0 Å². The Morgan fingerprint density at radius 2 is 1.77 bits per heavy atom. The third-order valence-electron chi connectivity index (χ3n) is 3.51. The predicted molar refractivity (Wildman–Crippen MR) is 58.8 cm³/mol. The van der Waals surface area contributed by atoms with Gasteiger partial charge >= 0.3 is 0 Å². The Morgan fingerprint density at radius 1 is 1.15 bits per heavy atom. The maximum absolute atomic E-state index is 2.49. The van der Waals surface area contributed by atoms with Crippen molar-refractivity contribution in [2.45, 2.75) is 40.5 Å². The van der Waals surface area contributed by atoms with Crippen LogP contribution in [0.25, 0.3) is 0 Å². The monoisotopic (exact) mass is 183 g/mol. The Kier molecular flexibility index (Phi) is 3.39. The molecule has 78 valence electrons. The van der Waals surface area contributed by atoms with Crippen LogP contribution >= 0.6 is 0 Å². The van der Waals surface area contributed by atoms with Gasteiger partial charge in [0.2, 0.25) is 0 Å². The molecule has 0 aromatic rings. The average molecular weight is 183 g/mol. The van der Waals surface area contributed by atoms with Gasteiger partial charge in [0.1, 0.15) is 0 Å². The lowest BCUT2D eigenvalue weighted by atomic mass is 9.76. The highest BCUT2D eigenvalue weighted by atomic mass is 15.1. The predicted octanol–water partition coefficient (Wildman–Crippen LogP) is 3.01. The maximum atomic E-state index is 2.49. The fraction of sp³-hybridized carbons (Fsp3) is 1.00. The van der Waals surface area contributed by atoms with E-state index in [0.717, 1.165) is 11.8 Å². The fourth-order valence-corrected chi connectivity index (χ4v) is 2.66. The van der Waals surface area contributed by atoms with Crippen molar-refractivity contribution in [1.29, 1.82) is 0 Å². The van der Waals surface area contributed by atoms with Crippen molar-refractivity contribution >= 4 is 0 Å². The van der Waals surface area contributed by atoms with E-state index >= 15 is 0 Å². The zero-order valence-electron chi connectivity index (χ0n) is 9.93. The van der Waals surface area contributed by atoms with Gasteiger partial charge in [-0.2, -0.15) is 0 Å². The molecule has 2 unspecified atom stereocenters. The largest absolute Gasteiger partial charge is 0.306 e. The molecule has 1 aliphatic heterocycles. The number of hydrogen-bond donors (Lipinski definition) is 0. The summed E-state index contributed by atoms with van der Waals surface area (Å²) in [4.78, 5) is 2.49. The topological polar surface area (TPSA) is 3.24 Å². The van der Waals surface area contributed by atoms with Gasteiger partial charge in [0, 0.05) is 6.54 Å². The van der Waals surface area contributed by atoms with Crippen LogP contribution in [0.3, 0.4) is 0 Å². The standard InChI is InChI=1S/C12H25N/c1-10-6-7-13(5)9-12(3,4)8-11(10)2/h10-11H,6-9H2,1-5H3. The van der Waals surface area contributed by atoms with Crippen LogP contribution in [0.5, 0.6) is 0 Å². The minimum absolute atomic E-state index is 0.503. The second-order valence-corrected chi connectivity index (χ2v) is 5.85. The summed E-state index contributed by atoms with van der Waals surface area (Å²) >= 11 is 0. The molecule has 1 aliphatic rings. The van der Waals surface area contributed by atoms with E-state index in [1.165, 1.54) is 25.9 Å². The minimum atomic E-state index is 0.503. The quantitative estimate of drug-likeness (QED) is 0.558. The molecule has 1 nitrogen and oxygen atoms in total. The smallest absolute Gasteiger partial charge is 0.00297 e. The van der Waals surface area contributed by atoms with Crippen LogP contribution in [-0.4, -0.2) is 25.0 Å². The summed E-state index contributed by atoms with van der Waals surface area (Å²) in [7, 11) is 2.25. The molecule has 0 amide bonds. The number of likely N-dealkylation sites (tertiary alicyclic amines) is 1. The second-order valence-electron chi connectivity index (χ2n) is 5.85. The molecule has 0 spiro atoms. The van der Waals surface area contributed by atoms with Crippen LogP contribution in [0.1, 0.15) is 40.5 Å². The Balaban J connectivity index is 2.62. The van der Waals surface area contributed by atoms with Crippen LogP contribution in [-0.2, 0) is 0 Å². The lowest BCUT2D eigenvalue weighted by molar-refractivity contribution is 0.119. The van der Waals surface area contributed by atoms with Gasteiger partial charge in [-0.15, -0.1) is 0 Å². The highest BCUT2D eigenvalue weighted by Gasteiger charge is 2.27. The molecule has 1 saturated heterocycles. The molecule has 1 rings (SSSR count). The van der Waals surface area contributed by atoms with Crippen LogP contribution < -0.4 is 0 Å². The summed E-state index contributed by atoms with van der Waals surface area (Å²) in [6, 6.07) is 0. The van der Waals surface area contributed by atoms with Gasteiger partial charge in [-0.05, 0) is 43.7 Å². The third kappa shape index (κ3) is 3.30. The van der Waals surface area contributed by atoms with Gasteiger partial charge in [0.25, 0.3) is 0 Å². The Morgan fingerprint density at radius 3 is 2.38 bits per heavy atom. The van der Waals surface area contributed by atoms with E-state index in [-0.39, 0.29) is 0 Å². The molecule has 0 radical (unpaired) electrons. The fourth-order valence-electron chi connectivity index (χ4n) is 2.66. The lowest BCUT2D eigenvalue weighted by Crippen LogP contribution is -2.37. The molecular formula is C12H25N. The molecule has 0 N–H and O–H groups in total. The maximum Gasteiger partial charge on any atom is 0.00297 e. The van der Waals surface area contributed by atoms with Crippen molar-refractivity contribution in [2.24, 2.45) is 17.3 Å². The lowest BCUT2D eigenvalue weighted by Gasteiger charge is -2.38. The summed E-state index contributed by atoms with van der Waals surface area (Å²) in [6.07, 6.45) is 2.74. The molecule has 2 atom stereocenters. The van der Waals surface area contributed by atoms with Crippen LogP contribution in [0, 0.1) is 17.3 Å². The summed E-state index contributed by atoms with van der Waals surface area (Å²) < 4.78 is 0. The molecule has 1 heteroatoms. The van der Waals surface area contributed by atoms with E-state index in [4.69, 9.17) is 0 Å². The SMILES string of the molecule is CC1CCN(C)CC(C)(C)CC1C. The van der Waals surface area contributed by atoms with E-state index in [1.54, 1.807) is 0 Å². The third-order valence-corrected chi connectivity index (χ3v) is 3.51. The van der Waals surface area contributed by atoms with Crippen LogP contribution in [0.15, 0.2) is 0 Å². The minimum Gasteiger partial charge on any atom is -0.306 e. The van der Waals surface area contributed by atoms with E-state index in [0.29, 0.717) is 5.41 Å². The molecule has 1 heterocycles. The second kappa shape index (κ2) is 4.00. The van der Waals surface area contributed by atoms with Crippen molar-refractivity contribution in [3.8, 4) is 0 Å². The van der Waals surface area contributed by atoms with Gasteiger partial charge in [-0.3, -0.25) is 0 Å². The van der Waals surface area contributed by atoms with Gasteiger partial charge in [-0.1, -0.05) is 27.7 Å². The highest BCUT2D eigenvalue weighted by molar-refractivity contribution is 4.80. The van der Waals surface area contributed by atoms with Gasteiger partial charge < -0.3 is 4.90 Å². The molecule has 0 bridgehead atoms. The molecular weight excluding hydrogens is 158 g/mol. The van der Waals surface area contributed by atoms with Crippen LogP contribution in [0.2, 0.25) is 0 Å². The van der Waals surface area contributed by atoms with Crippen LogP contribution in [0.4, 0.5) is 0 Å². The number of nitrogens with zero attached hydrogens (tertiary/aromatic N) is 1. The van der Waals surface area contributed by atoms with Crippen molar-refractivity contribution in [3.05, 3.63) is 0 Å². The van der Waals surface area contributed by atoms with Crippen molar-refractivity contribution < 1.29 is 0 Å². The zero-order chi connectivity index (χ0) is 10.1. The van der Waals surface area contributed by atoms with Gasteiger partial charge in [0.15, 0.2) is 0 Å². The Hall–Kier alpha value is -0.0400. The Labute approximate surface area is 83.5 Å². The number of hydrogen-bond acceptors (Lipinski definition) is 1. The van der Waals surface area contributed by atoms with E-state index < -0.39 is 0 Å². The van der Waals surface area contributed by atoms with Crippen molar-refractivity contribution in [1.82, 2.24) is 4.90 Å². The first-order valence-electron chi connectivity index (χ1n) is 5.59. The summed E-state index contributed by atoms with van der Waals surface area (Å²) in [5.41, 5.74) is 0.503. The average Bonchev–Trinajstić information content (AvgIpc) is 1.96. The molecule has 0 aromatic heterocycles. The number of rotatable bonds is 0. The van der Waals surface area contributed by atoms with Gasteiger partial charge in [0.05, 0.1) is 0 Å². The first-order chi connectivity index (χ1) is 5.91. The van der Waals surface area contributed by atoms with E-state index in [2.05, 4.69) is 39.6 Å².